The van der Waals surface area contributed by atoms with E-state index in [0.717, 1.165) is 18.2 Å². The molecule has 0 spiro atoms. The molecule has 2 amide bonds. The Labute approximate surface area is 111 Å². The first-order valence-corrected chi connectivity index (χ1v) is 5.20. The number of urea groups is 1. The molecule has 0 aliphatic rings. The minimum Gasteiger partial charge on any atom is -0.480 e. The van der Waals surface area contributed by atoms with Gasteiger partial charge in [-0.05, 0) is 6.07 Å². The van der Waals surface area contributed by atoms with Gasteiger partial charge in [-0.3, -0.25) is 10.1 Å². The minimum absolute atomic E-state index is 0.446. The molecule has 0 saturated heterocycles. The molecule has 0 aromatic heterocycles. The van der Waals surface area contributed by atoms with Crippen LogP contribution in [0.2, 0.25) is 0 Å². The number of amides is 2. The molecule has 0 radical (unpaired) electrons. The lowest BCUT2D eigenvalue weighted by Gasteiger charge is -2.12. The Kier molecular flexibility index (Phi) is 4.92. The average Bonchev–Trinajstić information content (AvgIpc) is 2.37. The molecule has 9 nitrogen and oxygen atoms in total. The van der Waals surface area contributed by atoms with Gasteiger partial charge in [0.2, 0.25) is 0 Å². The summed E-state index contributed by atoms with van der Waals surface area (Å²) in [6.07, 6.45) is 0. The zero-order chi connectivity index (χ0) is 15.3. The monoisotopic (exact) mass is 287 g/mol. The van der Waals surface area contributed by atoms with Crippen molar-refractivity contribution in [1.82, 2.24) is 5.32 Å². The predicted octanol–water partition coefficient (Wildman–Crippen LogP) is 0.301. The molecule has 20 heavy (non-hydrogen) atoms. The van der Waals surface area contributed by atoms with Crippen LogP contribution in [0.4, 0.5) is 20.6 Å². The third-order valence-corrected chi connectivity index (χ3v) is 2.19. The third kappa shape index (κ3) is 3.88. The first-order chi connectivity index (χ1) is 9.35. The van der Waals surface area contributed by atoms with Gasteiger partial charge in [-0.1, -0.05) is 0 Å². The number of hydrogen-bond acceptors (Lipinski definition) is 5. The molecular formula is C10H10FN3O6. The van der Waals surface area contributed by atoms with Crippen molar-refractivity contribution in [2.45, 2.75) is 6.04 Å². The van der Waals surface area contributed by atoms with E-state index in [9.17, 15) is 24.1 Å². The van der Waals surface area contributed by atoms with Gasteiger partial charge >= 0.3 is 12.0 Å². The third-order valence-electron chi connectivity index (χ3n) is 2.19. The van der Waals surface area contributed by atoms with Crippen molar-refractivity contribution in [3.63, 3.8) is 0 Å². The number of anilines is 1. The van der Waals surface area contributed by atoms with Gasteiger partial charge in [-0.2, -0.15) is 0 Å². The maximum Gasteiger partial charge on any atom is 0.328 e. The van der Waals surface area contributed by atoms with E-state index in [4.69, 9.17) is 10.2 Å². The summed E-state index contributed by atoms with van der Waals surface area (Å²) < 4.78 is 13.3. The normalized spacial score (nSPS) is 11.5. The lowest BCUT2D eigenvalue weighted by Crippen LogP contribution is -2.45. The fourth-order valence-corrected chi connectivity index (χ4v) is 1.22. The molecule has 0 heterocycles. The smallest absolute Gasteiger partial charge is 0.328 e. The molecule has 0 aliphatic carbocycles. The predicted molar refractivity (Wildman–Crippen MR) is 63.7 cm³/mol. The van der Waals surface area contributed by atoms with Crippen molar-refractivity contribution < 1.29 is 29.1 Å². The van der Waals surface area contributed by atoms with E-state index in [1.807, 2.05) is 10.6 Å². The Morgan fingerprint density at radius 1 is 1.45 bits per heavy atom. The molecule has 0 saturated carbocycles. The number of benzene rings is 1. The highest BCUT2D eigenvalue weighted by Crippen LogP contribution is 2.20. The van der Waals surface area contributed by atoms with Crippen LogP contribution in [0.15, 0.2) is 18.2 Å². The second-order valence-electron chi connectivity index (χ2n) is 3.59. The highest BCUT2D eigenvalue weighted by molar-refractivity contribution is 5.92. The Balaban J connectivity index is 2.82. The van der Waals surface area contributed by atoms with E-state index in [1.165, 1.54) is 0 Å². The number of hydrogen-bond donors (Lipinski definition) is 4. The molecule has 1 atom stereocenters. The van der Waals surface area contributed by atoms with Crippen LogP contribution in [-0.2, 0) is 4.79 Å². The maximum atomic E-state index is 13.3. The first kappa shape index (κ1) is 15.3. The summed E-state index contributed by atoms with van der Waals surface area (Å²) in [6.45, 7) is -0.861. The molecule has 1 rings (SSSR count). The van der Waals surface area contributed by atoms with Gasteiger partial charge in [-0.15, -0.1) is 0 Å². The number of non-ortho nitro benzene ring substituents is 1. The highest BCUT2D eigenvalue weighted by atomic mass is 19.1. The zero-order valence-corrected chi connectivity index (χ0v) is 9.87. The number of rotatable bonds is 5. The second-order valence-corrected chi connectivity index (χ2v) is 3.59. The number of nitrogens with zero attached hydrogens (tertiary/aromatic N) is 1. The number of halogens is 1. The number of nitro benzene ring substituents is 1. The molecule has 0 aliphatic heterocycles. The Morgan fingerprint density at radius 2 is 2.10 bits per heavy atom. The second kappa shape index (κ2) is 6.43. The largest absolute Gasteiger partial charge is 0.480 e. The number of aliphatic hydroxyl groups is 1. The summed E-state index contributed by atoms with van der Waals surface area (Å²) in [5.74, 6) is -2.41. The summed E-state index contributed by atoms with van der Waals surface area (Å²) in [5.41, 5.74) is -0.933. The van der Waals surface area contributed by atoms with E-state index in [0.29, 0.717) is 0 Å². The minimum atomic E-state index is -1.57. The van der Waals surface area contributed by atoms with Crippen molar-refractivity contribution in [3.05, 3.63) is 34.1 Å². The zero-order valence-electron chi connectivity index (χ0n) is 9.87. The van der Waals surface area contributed by atoms with Crippen LogP contribution >= 0.6 is 0 Å². The number of nitro groups is 1. The lowest BCUT2D eigenvalue weighted by molar-refractivity contribution is -0.384. The van der Waals surface area contributed by atoms with Gasteiger partial charge < -0.3 is 20.8 Å². The SMILES string of the molecule is O=C(Nc1cc([N+](=O)[O-])ccc1F)NC(CO)C(=O)O. The summed E-state index contributed by atoms with van der Waals surface area (Å²) in [4.78, 5) is 31.7. The van der Waals surface area contributed by atoms with Crippen molar-refractivity contribution in [2.24, 2.45) is 0 Å². The average molecular weight is 287 g/mol. The van der Waals surface area contributed by atoms with Gasteiger partial charge in [0.1, 0.15) is 5.82 Å². The highest BCUT2D eigenvalue weighted by Gasteiger charge is 2.20. The number of carboxylic acid groups (broad SMARTS) is 1. The summed E-state index contributed by atoms with van der Waals surface area (Å²) in [6, 6.07) is -0.216. The number of carboxylic acids is 1. The van der Waals surface area contributed by atoms with Crippen LogP contribution in [0.25, 0.3) is 0 Å². The fourth-order valence-electron chi connectivity index (χ4n) is 1.22. The number of carbonyl (C=O) groups is 2. The number of carbonyl (C=O) groups excluding carboxylic acids is 1. The maximum absolute atomic E-state index is 13.3. The van der Waals surface area contributed by atoms with Gasteiger partial charge in [0.25, 0.3) is 5.69 Å². The van der Waals surface area contributed by atoms with Crippen LogP contribution in [0.5, 0.6) is 0 Å². The molecular weight excluding hydrogens is 277 g/mol. The van der Waals surface area contributed by atoms with Crippen molar-refractivity contribution in [3.8, 4) is 0 Å². The van der Waals surface area contributed by atoms with Crippen molar-refractivity contribution >= 4 is 23.4 Å². The van der Waals surface area contributed by atoms with E-state index in [-0.39, 0.29) is 0 Å². The van der Waals surface area contributed by atoms with Crippen molar-refractivity contribution in [2.75, 3.05) is 11.9 Å². The topological polar surface area (TPSA) is 142 Å². The van der Waals surface area contributed by atoms with Gasteiger partial charge in [0.15, 0.2) is 6.04 Å². The Bertz CT molecular complexity index is 550. The lowest BCUT2D eigenvalue weighted by atomic mass is 10.2. The van der Waals surface area contributed by atoms with Crippen LogP contribution in [0.1, 0.15) is 0 Å². The van der Waals surface area contributed by atoms with E-state index in [2.05, 4.69) is 0 Å². The Hall–Kier alpha value is -2.75. The number of nitrogens with one attached hydrogen (secondary N) is 2. The standard InChI is InChI=1S/C10H10FN3O6/c11-6-2-1-5(14(19)20)3-7(6)12-10(18)13-8(4-15)9(16)17/h1-3,8,15H,4H2,(H,16,17)(H2,12,13,18). The van der Waals surface area contributed by atoms with Crippen molar-refractivity contribution in [1.29, 1.82) is 0 Å². The van der Waals surface area contributed by atoms with Crippen LogP contribution in [0.3, 0.4) is 0 Å². The van der Waals surface area contributed by atoms with Gasteiger partial charge in [0.05, 0.1) is 17.2 Å². The Morgan fingerprint density at radius 3 is 2.60 bits per heavy atom. The van der Waals surface area contributed by atoms with Gasteiger partial charge in [-0.25, -0.2) is 14.0 Å². The molecule has 1 unspecified atom stereocenters. The summed E-state index contributed by atoms with van der Waals surface area (Å²) in [7, 11) is 0. The number of aliphatic carboxylic acids is 1. The molecule has 0 bridgehead atoms. The molecule has 4 N–H and O–H groups in total. The molecule has 10 heteroatoms. The van der Waals surface area contributed by atoms with E-state index < -0.39 is 46.8 Å². The quantitative estimate of drug-likeness (QED) is 0.453. The van der Waals surface area contributed by atoms with Crippen LogP contribution in [-0.4, -0.2) is 39.8 Å². The van der Waals surface area contributed by atoms with Gasteiger partial charge in [0, 0.05) is 12.1 Å². The molecule has 0 fully saturated rings. The van der Waals surface area contributed by atoms with E-state index >= 15 is 0 Å². The molecule has 108 valence electrons. The first-order valence-electron chi connectivity index (χ1n) is 5.20. The van der Waals surface area contributed by atoms with Crippen LogP contribution in [0, 0.1) is 15.9 Å². The summed E-state index contributed by atoms with van der Waals surface area (Å²) in [5, 5.41) is 31.6. The molecule has 1 aromatic rings. The summed E-state index contributed by atoms with van der Waals surface area (Å²) >= 11 is 0. The fraction of sp³-hybridized carbons (Fsp3) is 0.200. The van der Waals surface area contributed by atoms with E-state index in [1.54, 1.807) is 0 Å². The number of aliphatic hydroxyl groups excluding tert-OH is 1. The molecule has 1 aromatic carbocycles. The van der Waals surface area contributed by atoms with Crippen LogP contribution < -0.4 is 10.6 Å².